The topological polar surface area (TPSA) is 44.9 Å². The van der Waals surface area contributed by atoms with Crippen molar-refractivity contribution in [2.24, 2.45) is 28.5 Å². The standard InChI is InChI=1S/C16H32N4/c1-12(2)14-7-6-13(3)10-16(14)11-18-15(17)20(16)9-8-19(4)5/h12-14H,6-11H2,1-5H3,(H2,17,18). The van der Waals surface area contributed by atoms with Crippen LogP contribution in [0.1, 0.15) is 40.0 Å². The van der Waals surface area contributed by atoms with Crippen molar-refractivity contribution in [1.82, 2.24) is 9.80 Å². The summed E-state index contributed by atoms with van der Waals surface area (Å²) in [7, 11) is 4.25. The number of hydrogen-bond donors (Lipinski definition) is 1. The molecule has 0 aromatic carbocycles. The predicted octanol–water partition coefficient (Wildman–Crippen LogP) is 2.01. The zero-order valence-corrected chi connectivity index (χ0v) is 13.9. The van der Waals surface area contributed by atoms with Crippen molar-refractivity contribution in [3.05, 3.63) is 0 Å². The number of guanidine groups is 1. The molecule has 4 heteroatoms. The number of aliphatic imine (C=N–C) groups is 1. The van der Waals surface area contributed by atoms with Crippen LogP contribution in [0.2, 0.25) is 0 Å². The Morgan fingerprint density at radius 3 is 2.70 bits per heavy atom. The molecule has 1 spiro atoms. The van der Waals surface area contributed by atoms with Crippen molar-refractivity contribution in [1.29, 1.82) is 0 Å². The van der Waals surface area contributed by atoms with Gasteiger partial charge in [0.1, 0.15) is 0 Å². The van der Waals surface area contributed by atoms with Gasteiger partial charge in [0.25, 0.3) is 0 Å². The summed E-state index contributed by atoms with van der Waals surface area (Å²) in [6.07, 6.45) is 3.92. The summed E-state index contributed by atoms with van der Waals surface area (Å²) >= 11 is 0. The van der Waals surface area contributed by atoms with Gasteiger partial charge >= 0.3 is 0 Å². The Kier molecular flexibility index (Phi) is 4.62. The second-order valence-corrected chi connectivity index (χ2v) is 7.47. The van der Waals surface area contributed by atoms with E-state index in [4.69, 9.17) is 5.73 Å². The van der Waals surface area contributed by atoms with Gasteiger partial charge < -0.3 is 15.5 Å². The average molecular weight is 280 g/mol. The third kappa shape index (κ3) is 2.80. The summed E-state index contributed by atoms with van der Waals surface area (Å²) in [5, 5.41) is 0. The first kappa shape index (κ1) is 15.6. The maximum atomic E-state index is 6.24. The van der Waals surface area contributed by atoms with Crippen molar-refractivity contribution in [2.75, 3.05) is 33.7 Å². The molecule has 2 rings (SSSR count). The molecular weight excluding hydrogens is 248 g/mol. The van der Waals surface area contributed by atoms with Gasteiger partial charge in [-0.25, -0.2) is 0 Å². The van der Waals surface area contributed by atoms with Gasteiger partial charge in [-0.05, 0) is 44.7 Å². The molecule has 1 fully saturated rings. The monoisotopic (exact) mass is 280 g/mol. The minimum atomic E-state index is 0.186. The molecule has 0 saturated heterocycles. The van der Waals surface area contributed by atoms with Crippen molar-refractivity contribution in [2.45, 2.75) is 45.6 Å². The summed E-state index contributed by atoms with van der Waals surface area (Å²) in [4.78, 5) is 9.31. The Bertz CT molecular complexity index is 363. The van der Waals surface area contributed by atoms with Gasteiger partial charge in [-0.2, -0.15) is 0 Å². The number of likely N-dealkylation sites (N-methyl/N-ethyl adjacent to an activating group) is 1. The number of nitrogens with two attached hydrogens (primary N) is 1. The van der Waals surface area contributed by atoms with E-state index in [1.165, 1.54) is 19.3 Å². The molecule has 2 N–H and O–H groups in total. The molecule has 0 amide bonds. The van der Waals surface area contributed by atoms with Gasteiger partial charge in [-0.15, -0.1) is 0 Å². The first-order chi connectivity index (χ1) is 9.36. The van der Waals surface area contributed by atoms with E-state index in [2.05, 4.69) is 49.7 Å². The van der Waals surface area contributed by atoms with Gasteiger partial charge in [-0.1, -0.05) is 27.2 Å². The van der Waals surface area contributed by atoms with Crippen molar-refractivity contribution in [3.8, 4) is 0 Å². The predicted molar refractivity (Wildman–Crippen MR) is 85.8 cm³/mol. The van der Waals surface area contributed by atoms with Gasteiger partial charge in [0, 0.05) is 13.1 Å². The van der Waals surface area contributed by atoms with Crippen LogP contribution in [0.25, 0.3) is 0 Å². The molecule has 116 valence electrons. The highest BCUT2D eigenvalue weighted by Crippen LogP contribution is 2.46. The number of hydrogen-bond acceptors (Lipinski definition) is 4. The molecular formula is C16H32N4. The normalized spacial score (nSPS) is 34.4. The molecule has 1 saturated carbocycles. The largest absolute Gasteiger partial charge is 0.370 e. The second-order valence-electron chi connectivity index (χ2n) is 7.47. The van der Waals surface area contributed by atoms with E-state index in [1.807, 2.05) is 0 Å². The van der Waals surface area contributed by atoms with Crippen LogP contribution in [0.3, 0.4) is 0 Å². The third-order valence-corrected chi connectivity index (χ3v) is 5.27. The zero-order chi connectivity index (χ0) is 14.9. The Morgan fingerprint density at radius 2 is 2.10 bits per heavy atom. The maximum absolute atomic E-state index is 6.24. The first-order valence-electron chi connectivity index (χ1n) is 8.09. The SMILES string of the molecule is CC1CCC(C(C)C)C2(CN=C(N)N2CCN(C)C)C1. The fourth-order valence-corrected chi connectivity index (χ4v) is 4.29. The lowest BCUT2D eigenvalue weighted by molar-refractivity contribution is 0.0213. The molecule has 0 aromatic rings. The number of nitrogens with zero attached hydrogens (tertiary/aromatic N) is 3. The Morgan fingerprint density at radius 1 is 1.40 bits per heavy atom. The summed E-state index contributed by atoms with van der Waals surface area (Å²) in [5.41, 5.74) is 6.42. The van der Waals surface area contributed by atoms with Crippen LogP contribution in [0.5, 0.6) is 0 Å². The molecule has 3 atom stereocenters. The smallest absolute Gasteiger partial charge is 0.191 e. The molecule has 2 aliphatic rings. The van der Waals surface area contributed by atoms with E-state index in [0.717, 1.165) is 31.5 Å². The van der Waals surface area contributed by atoms with Gasteiger partial charge in [0.2, 0.25) is 0 Å². The van der Waals surface area contributed by atoms with E-state index >= 15 is 0 Å². The molecule has 3 unspecified atom stereocenters. The maximum Gasteiger partial charge on any atom is 0.191 e. The Labute approximate surface area is 124 Å². The van der Waals surface area contributed by atoms with Gasteiger partial charge in [0.05, 0.1) is 12.1 Å². The summed E-state index contributed by atoms with van der Waals surface area (Å²) < 4.78 is 0. The fourth-order valence-electron chi connectivity index (χ4n) is 4.29. The van der Waals surface area contributed by atoms with Crippen LogP contribution in [-0.4, -0.2) is 55.0 Å². The molecule has 4 nitrogen and oxygen atoms in total. The minimum absolute atomic E-state index is 0.186. The third-order valence-electron chi connectivity index (χ3n) is 5.27. The van der Waals surface area contributed by atoms with Crippen LogP contribution < -0.4 is 5.73 Å². The molecule has 0 aromatic heterocycles. The van der Waals surface area contributed by atoms with Crippen LogP contribution in [-0.2, 0) is 0 Å². The van der Waals surface area contributed by atoms with E-state index in [1.54, 1.807) is 0 Å². The second kappa shape index (κ2) is 5.92. The quantitative estimate of drug-likeness (QED) is 0.857. The highest BCUT2D eigenvalue weighted by atomic mass is 15.4. The first-order valence-corrected chi connectivity index (χ1v) is 8.09. The highest BCUT2D eigenvalue weighted by Gasteiger charge is 2.51. The van der Waals surface area contributed by atoms with Crippen molar-refractivity contribution < 1.29 is 0 Å². The van der Waals surface area contributed by atoms with Crippen LogP contribution in [0.15, 0.2) is 4.99 Å². The van der Waals surface area contributed by atoms with Crippen molar-refractivity contribution >= 4 is 5.96 Å². The number of rotatable bonds is 4. The molecule has 0 bridgehead atoms. The summed E-state index contributed by atoms with van der Waals surface area (Å²) in [5.74, 6) is 2.97. The molecule has 1 aliphatic carbocycles. The lowest BCUT2D eigenvalue weighted by Gasteiger charge is -2.51. The molecule has 1 heterocycles. The Balaban J connectivity index is 2.23. The molecule has 1 aliphatic heterocycles. The van der Waals surface area contributed by atoms with E-state index in [0.29, 0.717) is 11.8 Å². The van der Waals surface area contributed by atoms with Crippen LogP contribution in [0, 0.1) is 17.8 Å². The van der Waals surface area contributed by atoms with Crippen LogP contribution >= 0.6 is 0 Å². The van der Waals surface area contributed by atoms with E-state index < -0.39 is 0 Å². The highest BCUT2D eigenvalue weighted by molar-refractivity contribution is 5.81. The molecule has 20 heavy (non-hydrogen) atoms. The van der Waals surface area contributed by atoms with Gasteiger partial charge in [0.15, 0.2) is 5.96 Å². The fraction of sp³-hybridized carbons (Fsp3) is 0.938. The summed E-state index contributed by atoms with van der Waals surface area (Å²) in [6, 6.07) is 0. The van der Waals surface area contributed by atoms with E-state index in [-0.39, 0.29) is 5.54 Å². The average Bonchev–Trinajstić information content (AvgIpc) is 2.63. The lowest BCUT2D eigenvalue weighted by atomic mass is 9.64. The van der Waals surface area contributed by atoms with E-state index in [9.17, 15) is 0 Å². The summed E-state index contributed by atoms with van der Waals surface area (Å²) in [6.45, 7) is 10.0. The van der Waals surface area contributed by atoms with Gasteiger partial charge in [-0.3, -0.25) is 4.99 Å². The van der Waals surface area contributed by atoms with Crippen molar-refractivity contribution in [3.63, 3.8) is 0 Å². The van der Waals surface area contributed by atoms with Crippen LogP contribution in [0.4, 0.5) is 0 Å². The zero-order valence-electron chi connectivity index (χ0n) is 13.9. The Hall–Kier alpha value is -0.770. The lowest BCUT2D eigenvalue weighted by Crippen LogP contribution is -2.60. The molecule has 0 radical (unpaired) electrons. The minimum Gasteiger partial charge on any atom is -0.370 e.